The van der Waals surface area contributed by atoms with E-state index in [1.807, 2.05) is 24.3 Å². The molecular formula is C11H11BBrNO2. The highest BCUT2D eigenvalue weighted by atomic mass is 79.9. The van der Waals surface area contributed by atoms with Crippen molar-refractivity contribution in [1.29, 1.82) is 0 Å². The summed E-state index contributed by atoms with van der Waals surface area (Å²) in [6.45, 7) is 0. The molecule has 0 fully saturated rings. The fraction of sp³-hybridized carbons (Fsp3) is 0. The Morgan fingerprint density at radius 3 is 2.00 bits per heavy atom. The minimum atomic E-state index is -1.38. The SMILES string of the molecule is OB(O)c1cccc(Br)c1.c1ccncc1. The van der Waals surface area contributed by atoms with E-state index in [4.69, 9.17) is 10.0 Å². The Bertz CT molecular complexity index is 385. The van der Waals surface area contributed by atoms with Gasteiger partial charge in [-0.15, -0.1) is 0 Å². The topological polar surface area (TPSA) is 53.4 Å². The molecule has 0 amide bonds. The largest absolute Gasteiger partial charge is 0.488 e. The number of hydrogen-bond acceptors (Lipinski definition) is 3. The molecule has 0 aliphatic heterocycles. The Balaban J connectivity index is 0.000000181. The lowest BCUT2D eigenvalue weighted by Gasteiger charge is -1.97. The Labute approximate surface area is 103 Å². The van der Waals surface area contributed by atoms with Crippen LogP contribution in [0.15, 0.2) is 59.3 Å². The molecule has 2 rings (SSSR count). The maximum atomic E-state index is 8.68. The monoisotopic (exact) mass is 279 g/mol. The maximum Gasteiger partial charge on any atom is 0.488 e. The average molecular weight is 280 g/mol. The third kappa shape index (κ3) is 5.07. The van der Waals surface area contributed by atoms with Gasteiger partial charge in [-0.3, -0.25) is 4.98 Å². The van der Waals surface area contributed by atoms with Crippen molar-refractivity contribution in [3.63, 3.8) is 0 Å². The van der Waals surface area contributed by atoms with Crippen LogP contribution in [0.3, 0.4) is 0 Å². The number of hydrogen-bond donors (Lipinski definition) is 2. The van der Waals surface area contributed by atoms with Gasteiger partial charge in [-0.05, 0) is 29.7 Å². The molecule has 0 bridgehead atoms. The third-order valence-electron chi connectivity index (χ3n) is 1.71. The van der Waals surface area contributed by atoms with Gasteiger partial charge in [0.1, 0.15) is 0 Å². The van der Waals surface area contributed by atoms with Gasteiger partial charge in [0, 0.05) is 16.9 Å². The molecule has 0 saturated heterocycles. The van der Waals surface area contributed by atoms with Crippen LogP contribution in [0.4, 0.5) is 0 Å². The number of aromatic nitrogens is 1. The van der Waals surface area contributed by atoms with Gasteiger partial charge in [-0.25, -0.2) is 0 Å². The summed E-state index contributed by atoms with van der Waals surface area (Å²) in [6, 6.07) is 12.6. The smallest absolute Gasteiger partial charge is 0.423 e. The summed E-state index contributed by atoms with van der Waals surface area (Å²) in [5, 5.41) is 17.4. The number of benzene rings is 1. The molecule has 0 atom stereocenters. The van der Waals surface area contributed by atoms with Crippen LogP contribution < -0.4 is 5.46 Å². The molecule has 3 nitrogen and oxygen atoms in total. The second-order valence-corrected chi connectivity index (χ2v) is 3.87. The predicted molar refractivity (Wildman–Crippen MR) is 68.2 cm³/mol. The number of rotatable bonds is 1. The van der Waals surface area contributed by atoms with Crippen LogP contribution in [0.2, 0.25) is 0 Å². The quantitative estimate of drug-likeness (QED) is 0.772. The van der Waals surface area contributed by atoms with Crippen LogP contribution in [0.25, 0.3) is 0 Å². The summed E-state index contributed by atoms with van der Waals surface area (Å²) in [6.07, 6.45) is 3.50. The first-order chi connectivity index (χ1) is 7.70. The summed E-state index contributed by atoms with van der Waals surface area (Å²) in [5.41, 5.74) is 0.495. The van der Waals surface area contributed by atoms with E-state index in [0.29, 0.717) is 5.46 Å². The molecule has 1 aromatic heterocycles. The lowest BCUT2D eigenvalue weighted by Crippen LogP contribution is -2.29. The van der Waals surface area contributed by atoms with Crippen molar-refractivity contribution >= 4 is 28.5 Å². The zero-order valence-corrected chi connectivity index (χ0v) is 10.1. The van der Waals surface area contributed by atoms with Crippen molar-refractivity contribution in [3.05, 3.63) is 59.3 Å². The first-order valence-corrected chi connectivity index (χ1v) is 5.46. The second kappa shape index (κ2) is 7.17. The Morgan fingerprint density at radius 2 is 1.69 bits per heavy atom. The standard InChI is InChI=1S/C6H6BBrO2.C5H5N/c8-6-3-1-2-5(4-6)7(9)10;1-2-4-6-5-3-1/h1-4,9-10H;1-5H. The molecule has 0 aliphatic rings. The fourth-order valence-electron chi connectivity index (χ4n) is 0.980. The van der Waals surface area contributed by atoms with E-state index < -0.39 is 7.12 Å². The highest BCUT2D eigenvalue weighted by Gasteiger charge is 2.09. The second-order valence-electron chi connectivity index (χ2n) is 2.95. The Hall–Kier alpha value is -1.17. The van der Waals surface area contributed by atoms with Crippen molar-refractivity contribution in [3.8, 4) is 0 Å². The molecule has 0 aliphatic carbocycles. The van der Waals surface area contributed by atoms with Crippen LogP contribution >= 0.6 is 15.9 Å². The van der Waals surface area contributed by atoms with E-state index in [1.54, 1.807) is 30.6 Å². The average Bonchev–Trinajstić information content (AvgIpc) is 2.32. The Morgan fingerprint density at radius 1 is 1.00 bits per heavy atom. The van der Waals surface area contributed by atoms with Crippen molar-refractivity contribution in [1.82, 2.24) is 4.98 Å². The normalized spacial score (nSPS) is 8.94. The van der Waals surface area contributed by atoms with E-state index in [2.05, 4.69) is 20.9 Å². The van der Waals surface area contributed by atoms with E-state index in [-0.39, 0.29) is 0 Å². The summed E-state index contributed by atoms with van der Waals surface area (Å²) < 4.78 is 0.845. The fourth-order valence-corrected chi connectivity index (χ4v) is 1.40. The van der Waals surface area contributed by atoms with Gasteiger partial charge < -0.3 is 10.0 Å². The molecule has 0 saturated carbocycles. The minimum absolute atomic E-state index is 0.495. The summed E-state index contributed by atoms with van der Waals surface area (Å²) in [5.74, 6) is 0. The zero-order valence-electron chi connectivity index (χ0n) is 8.49. The molecule has 2 N–H and O–H groups in total. The lowest BCUT2D eigenvalue weighted by molar-refractivity contribution is 0.426. The molecule has 2 aromatic rings. The number of nitrogens with zero attached hydrogens (tertiary/aromatic N) is 1. The Kier molecular flexibility index (Phi) is 5.78. The van der Waals surface area contributed by atoms with Crippen molar-refractivity contribution in [2.45, 2.75) is 0 Å². The third-order valence-corrected chi connectivity index (χ3v) is 2.21. The first kappa shape index (κ1) is 12.9. The number of halogens is 1. The molecule has 1 heterocycles. The maximum absolute atomic E-state index is 8.68. The zero-order chi connectivity index (χ0) is 11.8. The molecule has 0 radical (unpaired) electrons. The van der Waals surface area contributed by atoms with Crippen LogP contribution in [-0.2, 0) is 0 Å². The van der Waals surface area contributed by atoms with Crippen molar-refractivity contribution in [2.24, 2.45) is 0 Å². The van der Waals surface area contributed by atoms with Gasteiger partial charge in [0.25, 0.3) is 0 Å². The number of pyridine rings is 1. The van der Waals surface area contributed by atoms with Gasteiger partial charge in [0.2, 0.25) is 0 Å². The van der Waals surface area contributed by atoms with Gasteiger partial charge in [0.15, 0.2) is 0 Å². The first-order valence-electron chi connectivity index (χ1n) is 4.67. The van der Waals surface area contributed by atoms with Gasteiger partial charge >= 0.3 is 7.12 Å². The van der Waals surface area contributed by atoms with Crippen molar-refractivity contribution < 1.29 is 10.0 Å². The van der Waals surface area contributed by atoms with Crippen molar-refractivity contribution in [2.75, 3.05) is 0 Å². The summed E-state index contributed by atoms with van der Waals surface area (Å²) in [7, 11) is -1.38. The van der Waals surface area contributed by atoms with Gasteiger partial charge in [0.05, 0.1) is 0 Å². The van der Waals surface area contributed by atoms with Gasteiger partial charge in [-0.1, -0.05) is 34.1 Å². The van der Waals surface area contributed by atoms with E-state index in [1.165, 1.54) is 0 Å². The molecule has 0 unspecified atom stereocenters. The molecule has 0 spiro atoms. The predicted octanol–water partition coefficient (Wildman–Crippen LogP) is 1.21. The molecular weight excluding hydrogens is 269 g/mol. The minimum Gasteiger partial charge on any atom is -0.423 e. The molecule has 5 heteroatoms. The van der Waals surface area contributed by atoms with Crippen LogP contribution in [0.1, 0.15) is 0 Å². The van der Waals surface area contributed by atoms with Crippen LogP contribution in [0.5, 0.6) is 0 Å². The molecule has 1 aromatic carbocycles. The lowest BCUT2D eigenvalue weighted by atomic mass is 9.81. The summed E-state index contributed by atoms with van der Waals surface area (Å²) >= 11 is 3.21. The van der Waals surface area contributed by atoms with Crippen LogP contribution in [-0.4, -0.2) is 22.2 Å². The summed E-state index contributed by atoms with van der Waals surface area (Å²) in [4.78, 5) is 3.78. The highest BCUT2D eigenvalue weighted by Crippen LogP contribution is 2.04. The molecule has 82 valence electrons. The highest BCUT2D eigenvalue weighted by molar-refractivity contribution is 9.10. The van der Waals surface area contributed by atoms with E-state index >= 15 is 0 Å². The van der Waals surface area contributed by atoms with E-state index in [9.17, 15) is 0 Å². The van der Waals surface area contributed by atoms with E-state index in [0.717, 1.165) is 4.47 Å². The van der Waals surface area contributed by atoms with Gasteiger partial charge in [-0.2, -0.15) is 0 Å². The molecule has 16 heavy (non-hydrogen) atoms. The van der Waals surface area contributed by atoms with Crippen LogP contribution in [0, 0.1) is 0 Å².